The Morgan fingerprint density at radius 1 is 0.0185 bits per heavy atom. The van der Waals surface area contributed by atoms with Gasteiger partial charge >= 0.3 is 0 Å². The monoisotopic (exact) mass is 9380 g/mol. The van der Waals surface area contributed by atoms with Crippen LogP contribution in [0, 0.1) is 22.3 Å². The van der Waals surface area contributed by atoms with Gasteiger partial charge in [-0.2, -0.15) is 0 Å². The Morgan fingerprint density at radius 2 is 0.0185 bits per heavy atom. The molecule has 105 radical (unpaired) electrons. The van der Waals surface area contributed by atoms with E-state index in [9.17, 15) is 0 Å². The number of hydrogen-bond donors (Lipinski definition) is 0. The second kappa shape index (κ2) is 817. The molecule has 0 bridgehead atoms. The molecule has 0 aliphatic rings. The maximum absolute atomic E-state index is 0. The minimum Gasteiger partial charge on any atom is -0.358 e. The van der Waals surface area contributed by atoms with E-state index in [1.54, 1.807) is 0 Å². The molecule has 0 aromatic heterocycles. The molecule has 0 heterocycles. The minimum absolute atomic E-state index is 0. The van der Waals surface area contributed by atoms with Crippen molar-refractivity contribution in [1.29, 1.82) is 0 Å². The molecule has 0 rings (SSSR count). The average Bonchev–Trinajstić information content (AvgIpc) is 0. The maximum Gasteiger partial charge on any atom is 0 e. The molecule has 0 amide bonds. The van der Waals surface area contributed by atoms with Crippen molar-refractivity contribution in [3.05, 3.63) is 22.3 Å². The molecule has 0 aromatic carbocycles. The zero-order valence-electron chi connectivity index (χ0n) is 63.6. The van der Waals surface area contributed by atoms with Crippen molar-refractivity contribution in [3.8, 4) is 0 Å². The van der Waals surface area contributed by atoms with Crippen molar-refractivity contribution < 1.29 is 3430 Å². The predicted octanol–water partition coefficient (Wildman–Crippen LogP) is 1.09. The third kappa shape index (κ3) is 806. The quantitative estimate of drug-likeness (QED) is 0.320. The first kappa shape index (κ1) is 828. The van der Waals surface area contributed by atoms with Crippen molar-refractivity contribution >= 4 is 0 Å². The van der Waals surface area contributed by atoms with Crippen LogP contribution < -0.4 is 0 Å². The first-order chi connectivity index (χ1) is 0. The Kier molecular flexibility index (Phi) is 6260. The molecule has 0 spiro atoms. The molecule has 0 saturated heterocycles. The van der Waals surface area contributed by atoms with E-state index in [4.69, 9.17) is 0 Å². The van der Waals surface area contributed by atoms with Gasteiger partial charge in [-0.1, -0.05) is 0 Å². The van der Waals surface area contributed by atoms with Gasteiger partial charge in [-0.25, -0.2) is 0 Å². The number of hydrogen-bond acceptors (Lipinski definition) is 0. The summed E-state index contributed by atoms with van der Waals surface area (Å²) in [5, 5.41) is 0. The summed E-state index contributed by atoms with van der Waals surface area (Å²) in [6, 6.07) is 0. The van der Waals surface area contributed by atoms with Crippen molar-refractivity contribution in [2.45, 2.75) is 0 Å². The zero-order chi connectivity index (χ0) is 0. The van der Waals surface area contributed by atoms with Crippen molar-refractivity contribution in [3.63, 3.8) is 0 Å². The molecule has 0 atom stereocenters. The van der Waals surface area contributed by atoms with Gasteiger partial charge < -0.3 is 22.3 Å². The van der Waals surface area contributed by atoms with Crippen LogP contribution in [0.25, 0.3) is 0 Å². The molecule has 0 saturated carbocycles. The van der Waals surface area contributed by atoms with Gasteiger partial charge in [-0.05, 0) is 0 Å². The van der Waals surface area contributed by atoms with E-state index in [1.165, 1.54) is 0 Å². The second-order valence-corrected chi connectivity index (χ2v) is 0. The van der Waals surface area contributed by atoms with E-state index in [0.717, 1.165) is 0 Å². The number of rotatable bonds is 0. The molecule has 0 aliphatic carbocycles. The van der Waals surface area contributed by atoms with Crippen LogP contribution in [-0.4, -0.2) is 0 Å². The van der Waals surface area contributed by atoms with E-state index < -0.39 is 0 Å². The molecular weight excluding hydrogens is 9370 g/mol. The fraction of sp³-hybridized carbons (Fsp3) is 0. The van der Waals surface area contributed by atoms with Gasteiger partial charge in [0.2, 0.25) is 0 Å². The Bertz CT molecular complexity index is 19.8. The summed E-state index contributed by atoms with van der Waals surface area (Å²) in [5.41, 5.74) is 0. The van der Waals surface area contributed by atoms with E-state index >= 15 is 0 Å². The van der Waals surface area contributed by atoms with Crippen molar-refractivity contribution in [1.82, 2.24) is 0 Å². The minimum atomic E-state index is 0. The van der Waals surface area contributed by atoms with Gasteiger partial charge in [-0.15, -0.1) is 0 Å². The Morgan fingerprint density at radius 3 is 0.0185 bits per heavy atom. The van der Waals surface area contributed by atoms with Crippen LogP contribution in [0.2, 0.25) is 0 Å². The first-order valence-corrected chi connectivity index (χ1v) is 0. The first-order valence-electron chi connectivity index (χ1n) is 0. The molecule has 0 unspecified atom stereocenters. The summed E-state index contributed by atoms with van der Waals surface area (Å²) in [7, 11) is 0. The van der Waals surface area contributed by atoms with Crippen LogP contribution in [0.1, 0.15) is 0 Å². The Labute approximate surface area is 3320 Å². The molecule has 0 aliphatic heterocycles. The summed E-state index contributed by atoms with van der Waals surface area (Å²) in [5.74, 6) is 0. The fourth-order valence-corrected chi connectivity index (χ4v) is 0. The van der Waals surface area contributed by atoms with Gasteiger partial charge in [0.15, 0.2) is 0 Å². The largest absolute Gasteiger partial charge is 0.358 e. The Balaban J connectivity index is 0. The third-order valence-electron chi connectivity index (χ3n) is 0. The molecule has 0 fully saturated rings. The van der Waals surface area contributed by atoms with E-state index in [1.807, 2.05) is 0 Å². The van der Waals surface area contributed by atoms with Gasteiger partial charge in [-0.3, -0.25) is 0 Å². The summed E-state index contributed by atoms with van der Waals surface area (Å²) in [6.07, 6.45) is 0. The smallest absolute Gasteiger partial charge is 0 e. The van der Waals surface area contributed by atoms with Crippen molar-refractivity contribution in [2.24, 2.45) is 0 Å². The molecule has 108 heavy (non-hydrogen) atoms. The molecule has 339 valence electrons. The van der Waals surface area contributed by atoms with Crippen LogP contribution in [-0.2, 0) is 3430 Å². The zero-order valence-corrected chi connectivity index (χ0v) is 362. The summed E-state index contributed by atoms with van der Waals surface area (Å²) in [4.78, 5) is 0. The summed E-state index contributed by atoms with van der Waals surface area (Å²) in [6.45, 7) is 0. The van der Waals surface area contributed by atoms with Crippen LogP contribution in [0.5, 0.6) is 0 Å². The van der Waals surface area contributed by atoms with Gasteiger partial charge in [0, 0.05) is 3430 Å². The molecule has 105 heteroatoms. The van der Waals surface area contributed by atoms with E-state index in [0.29, 0.717) is 0 Å². The van der Waals surface area contributed by atoms with Crippen molar-refractivity contribution in [2.75, 3.05) is 0 Å². The van der Waals surface area contributed by atoms with Gasteiger partial charge in [0.1, 0.15) is 0 Å². The Hall–Kier alpha value is 116. The molecular formula is C3H9Y105-3. The normalized spacial score (nSPS) is 0. The van der Waals surface area contributed by atoms with Crippen LogP contribution in [0.4, 0.5) is 0 Å². The molecule has 0 nitrogen and oxygen atoms in total. The topological polar surface area (TPSA) is 0 Å². The molecule has 0 aromatic rings. The fourth-order valence-electron chi connectivity index (χ4n) is 0. The maximum atomic E-state index is 0. The van der Waals surface area contributed by atoms with Gasteiger partial charge in [0.25, 0.3) is 0 Å². The van der Waals surface area contributed by atoms with E-state index in [2.05, 4.69) is 0 Å². The van der Waals surface area contributed by atoms with Crippen LogP contribution >= 0.6 is 0 Å². The predicted molar refractivity (Wildman–Crippen MR) is 19.2 cm³/mol. The average molecular weight is 9380 g/mol. The third-order valence-corrected chi connectivity index (χ3v) is 0. The summed E-state index contributed by atoms with van der Waals surface area (Å²) >= 11 is 0. The molecule has 0 N–H and O–H groups in total. The summed E-state index contributed by atoms with van der Waals surface area (Å²) < 4.78 is 0. The van der Waals surface area contributed by atoms with Crippen LogP contribution in [0.3, 0.4) is 0 Å². The second-order valence-electron chi connectivity index (χ2n) is 0. The van der Waals surface area contributed by atoms with Crippen LogP contribution in [0.15, 0.2) is 0 Å². The standard InChI is InChI=1S/3CH3.105Y/h3*1H3;;;;;;;;;;;;;;;;;;;;;;;;;;;;;;;;;;;;;;;;;;;;;;;;;;;;;;;;;;;;;;;;;;;;;;;;;;;;;;;;;;;;;;;;;;;;;;;;;;;;;;;;;/q3*-1;;;;;;;;;;;;;;;;;;;;;;;;;;;;;;;;;;;;;;;;;;;;;;;;;;;;;;;;;;;;;;;;;;;;;;;;;;;;;;;;;;;;;;;;;;;;;;;;;;;;;;;;;. The van der Waals surface area contributed by atoms with E-state index in [-0.39, 0.29) is 3460 Å². The SMILES string of the molecule is [CH3-].[CH3-].[CH3-].[Y].[Y].[Y].[Y].[Y].[Y].[Y].[Y].[Y].[Y].[Y].[Y].[Y].[Y].[Y].[Y].[Y].[Y].[Y].[Y].[Y].[Y].[Y].[Y].[Y].[Y].[Y].[Y].[Y].[Y].[Y].[Y].[Y].[Y].[Y].[Y].[Y].[Y].[Y].[Y].[Y].[Y].[Y].[Y].[Y].[Y].[Y].[Y].[Y].[Y].[Y].[Y].[Y].[Y].[Y].[Y].[Y].[Y].[Y].[Y].[Y].[Y].[Y].[Y].[Y].[Y].[Y].[Y].[Y].[Y].[Y].[Y].[Y].[Y].[Y].[Y].[Y].[Y].[Y].[Y].[Y].[Y].[Y].[Y].[Y].[Y].[Y].[Y].[Y].[Y].[Y].[Y].[Y].[Y].[Y].[Y].[Y].[Y].[Y].[Y].[Y].[Y].[Y].[Y].[Y]. The van der Waals surface area contributed by atoms with Gasteiger partial charge in [0.05, 0.1) is 0 Å².